The minimum atomic E-state index is -2.37. The van der Waals surface area contributed by atoms with Crippen LogP contribution in [0.3, 0.4) is 0 Å². The molecule has 3 aliphatic rings. The van der Waals surface area contributed by atoms with Crippen LogP contribution in [0.25, 0.3) is 0 Å². The summed E-state index contributed by atoms with van der Waals surface area (Å²) in [5, 5.41) is 0. The second kappa shape index (κ2) is 12.6. The average Bonchev–Trinajstić information content (AvgIpc) is 3.04. The van der Waals surface area contributed by atoms with Crippen LogP contribution in [0.1, 0.15) is 53.4 Å². The molecule has 3 aromatic rings. The first-order valence-electron chi connectivity index (χ1n) is 14.6. The number of rotatable bonds is 9. The largest absolute Gasteiger partial charge is 0.294 e. The van der Waals surface area contributed by atoms with E-state index in [4.69, 9.17) is 15.0 Å². The SMILES string of the molecule is O=C1CC=CC=C1Cc1cccc(C(F)(c2cccc(CC3=CC=CCC3=O)n2)c2cccc(CC3=CC=CCC3=O)n2)n1. The van der Waals surface area contributed by atoms with Gasteiger partial charge in [0.1, 0.15) is 0 Å². The smallest absolute Gasteiger partial charge is 0.236 e. The Morgan fingerprint density at radius 3 is 1.14 bits per heavy atom. The van der Waals surface area contributed by atoms with Gasteiger partial charge in [0.05, 0.1) is 17.1 Å². The van der Waals surface area contributed by atoms with Gasteiger partial charge in [-0.3, -0.25) is 29.3 Å². The van der Waals surface area contributed by atoms with Gasteiger partial charge in [-0.15, -0.1) is 0 Å². The van der Waals surface area contributed by atoms with Gasteiger partial charge in [-0.05, 0) is 36.4 Å². The van der Waals surface area contributed by atoms with Crippen LogP contribution >= 0.6 is 0 Å². The number of carbonyl (C=O) groups excluding carboxylic acids is 3. The van der Waals surface area contributed by atoms with Crippen LogP contribution in [0.4, 0.5) is 4.39 Å². The maximum Gasteiger partial charge on any atom is 0.236 e. The van der Waals surface area contributed by atoms with E-state index in [1.165, 1.54) is 0 Å². The van der Waals surface area contributed by atoms with Crippen LogP contribution in [-0.2, 0) is 39.3 Å². The third-order valence-electron chi connectivity index (χ3n) is 7.88. The molecule has 0 unspecified atom stereocenters. The third-order valence-corrected chi connectivity index (χ3v) is 7.88. The number of carbonyl (C=O) groups is 3. The summed E-state index contributed by atoms with van der Waals surface area (Å²) in [5.74, 6) is 0.0355. The summed E-state index contributed by atoms with van der Waals surface area (Å²) < 4.78 is 18.0. The van der Waals surface area contributed by atoms with Crippen molar-refractivity contribution in [2.24, 2.45) is 0 Å². The molecule has 0 saturated heterocycles. The predicted octanol–water partition coefficient (Wildman–Crippen LogP) is 6.13. The summed E-state index contributed by atoms with van der Waals surface area (Å²) in [6, 6.07) is 15.3. The zero-order valence-corrected chi connectivity index (χ0v) is 24.1. The number of pyridine rings is 3. The monoisotopic (exact) mass is 583 g/mol. The number of allylic oxidation sites excluding steroid dienone is 12. The number of hydrogen-bond donors (Lipinski definition) is 0. The maximum atomic E-state index is 18.0. The number of ketones is 3. The Bertz CT molecular complexity index is 1630. The highest BCUT2D eigenvalue weighted by Crippen LogP contribution is 2.38. The Morgan fingerprint density at radius 1 is 0.523 bits per heavy atom. The molecule has 0 saturated carbocycles. The van der Waals surface area contributed by atoms with E-state index < -0.39 is 5.67 Å². The molecule has 0 N–H and O–H groups in total. The molecule has 0 fully saturated rings. The van der Waals surface area contributed by atoms with Crippen molar-refractivity contribution in [1.29, 1.82) is 0 Å². The molecular weight excluding hydrogens is 553 g/mol. The molecule has 0 aliphatic heterocycles. The van der Waals surface area contributed by atoms with E-state index in [1.807, 2.05) is 18.2 Å². The molecule has 44 heavy (non-hydrogen) atoms. The van der Waals surface area contributed by atoms with E-state index in [1.54, 1.807) is 91.1 Å². The van der Waals surface area contributed by atoms with Crippen molar-refractivity contribution in [1.82, 2.24) is 15.0 Å². The summed E-state index contributed by atoms with van der Waals surface area (Å²) in [4.78, 5) is 51.6. The molecule has 0 amide bonds. The first kappa shape index (κ1) is 28.9. The van der Waals surface area contributed by atoms with Crippen LogP contribution in [0, 0.1) is 0 Å². The van der Waals surface area contributed by atoms with E-state index in [0.717, 1.165) is 0 Å². The van der Waals surface area contributed by atoms with Crippen LogP contribution < -0.4 is 0 Å². The minimum absolute atomic E-state index is 0.0118. The van der Waals surface area contributed by atoms with Crippen molar-refractivity contribution in [3.05, 3.63) is 160 Å². The molecule has 0 aromatic carbocycles. The lowest BCUT2D eigenvalue weighted by molar-refractivity contribution is -0.115. The minimum Gasteiger partial charge on any atom is -0.294 e. The molecule has 6 nitrogen and oxygen atoms in total. The van der Waals surface area contributed by atoms with Crippen molar-refractivity contribution in [2.75, 3.05) is 0 Å². The lowest BCUT2D eigenvalue weighted by Crippen LogP contribution is -2.29. The first-order chi connectivity index (χ1) is 21.4. The predicted molar refractivity (Wildman–Crippen MR) is 165 cm³/mol. The van der Waals surface area contributed by atoms with Crippen molar-refractivity contribution < 1.29 is 18.8 Å². The molecule has 0 bridgehead atoms. The van der Waals surface area contributed by atoms with E-state index in [0.29, 0.717) is 53.1 Å². The molecule has 3 aliphatic carbocycles. The molecular formula is C37H30FN3O3. The summed E-state index contributed by atoms with van der Waals surface area (Å²) in [6.45, 7) is 0. The molecule has 7 heteroatoms. The highest BCUT2D eigenvalue weighted by molar-refractivity contribution is 5.99. The molecule has 6 rings (SSSR count). The fraction of sp³-hybridized carbons (Fsp3) is 0.189. The zero-order chi connectivity index (χ0) is 30.5. The van der Waals surface area contributed by atoms with Crippen LogP contribution in [0.5, 0.6) is 0 Å². The molecule has 3 aromatic heterocycles. The van der Waals surface area contributed by atoms with Crippen molar-refractivity contribution in [2.45, 2.75) is 44.2 Å². The second-order valence-corrected chi connectivity index (χ2v) is 11.0. The Hall–Kier alpha value is -5.17. The summed E-state index contributed by atoms with van der Waals surface area (Å²) in [5.41, 5.74) is 1.33. The van der Waals surface area contributed by atoms with Gasteiger partial charge in [-0.2, -0.15) is 0 Å². The van der Waals surface area contributed by atoms with Crippen molar-refractivity contribution in [3.63, 3.8) is 0 Å². The van der Waals surface area contributed by atoms with Gasteiger partial charge in [0.15, 0.2) is 17.3 Å². The number of aromatic nitrogens is 3. The second-order valence-electron chi connectivity index (χ2n) is 11.0. The Balaban J connectivity index is 1.43. The quantitative estimate of drug-likeness (QED) is 0.301. The van der Waals surface area contributed by atoms with Crippen LogP contribution in [0.2, 0.25) is 0 Å². The third kappa shape index (κ3) is 6.13. The van der Waals surface area contributed by atoms with Crippen molar-refractivity contribution in [3.8, 4) is 0 Å². The molecule has 0 radical (unpaired) electrons. The fourth-order valence-corrected chi connectivity index (χ4v) is 5.51. The number of halogens is 1. The molecule has 3 heterocycles. The van der Waals surface area contributed by atoms with E-state index in [2.05, 4.69) is 0 Å². The number of hydrogen-bond acceptors (Lipinski definition) is 6. The summed E-state index contributed by atoms with van der Waals surface area (Å²) in [7, 11) is 0. The average molecular weight is 584 g/mol. The highest BCUT2D eigenvalue weighted by atomic mass is 19.1. The molecule has 218 valence electrons. The Labute approximate surface area is 255 Å². The van der Waals surface area contributed by atoms with Crippen molar-refractivity contribution >= 4 is 17.3 Å². The van der Waals surface area contributed by atoms with Gasteiger partial charge in [0.2, 0.25) is 5.67 Å². The fourth-order valence-electron chi connectivity index (χ4n) is 5.51. The Kier molecular flexibility index (Phi) is 8.28. The van der Waals surface area contributed by atoms with Gasteiger partial charge in [0, 0.05) is 72.3 Å². The molecule has 0 spiro atoms. The highest BCUT2D eigenvalue weighted by Gasteiger charge is 2.42. The Morgan fingerprint density at radius 2 is 0.841 bits per heavy atom. The van der Waals surface area contributed by atoms with Gasteiger partial charge in [0.25, 0.3) is 0 Å². The number of alkyl halides is 1. The van der Waals surface area contributed by atoms with Crippen LogP contribution in [0.15, 0.2) is 126 Å². The lowest BCUT2D eigenvalue weighted by atomic mass is 9.90. The van der Waals surface area contributed by atoms with Crippen LogP contribution in [-0.4, -0.2) is 32.3 Å². The first-order valence-corrected chi connectivity index (χ1v) is 14.6. The standard InChI is InChI=1S/C37H30FN3O3/c38-37(34-19-7-13-28(39-34)22-25-10-1-4-16-31(25)42,35-20-8-14-29(40-35)23-26-11-2-5-17-32(26)43)36-21-9-15-30(41-36)24-27-12-3-6-18-33(27)44/h1-15,19-21H,16-18,22-24H2. The maximum absolute atomic E-state index is 18.0. The molecule has 0 atom stereocenters. The number of Topliss-reactive ketones (excluding diaryl/α,β-unsaturated/α-hetero) is 3. The van der Waals surface area contributed by atoms with Gasteiger partial charge >= 0.3 is 0 Å². The normalized spacial score (nSPS) is 16.6. The topological polar surface area (TPSA) is 89.9 Å². The van der Waals surface area contributed by atoms with Gasteiger partial charge < -0.3 is 0 Å². The number of nitrogens with zero attached hydrogens (tertiary/aromatic N) is 3. The summed E-state index contributed by atoms with van der Waals surface area (Å²) in [6.07, 6.45) is 18.0. The zero-order valence-electron chi connectivity index (χ0n) is 24.1. The van der Waals surface area contributed by atoms with Gasteiger partial charge in [-0.25, -0.2) is 4.39 Å². The lowest BCUT2D eigenvalue weighted by Gasteiger charge is -2.26. The van der Waals surface area contributed by atoms with E-state index in [-0.39, 0.29) is 53.7 Å². The van der Waals surface area contributed by atoms with E-state index >= 15 is 4.39 Å². The van der Waals surface area contributed by atoms with Gasteiger partial charge in [-0.1, -0.05) is 72.9 Å². The van der Waals surface area contributed by atoms with E-state index in [9.17, 15) is 14.4 Å². The summed E-state index contributed by atoms with van der Waals surface area (Å²) >= 11 is 0.